The number of carbonyl (C=O) groups excluding carboxylic acids is 1. The summed E-state index contributed by atoms with van der Waals surface area (Å²) in [6.07, 6.45) is 5.87. The molecule has 0 amide bonds. The van der Waals surface area contributed by atoms with Gasteiger partial charge in [0.2, 0.25) is 0 Å². The number of likely N-dealkylation sites (tertiary alicyclic amines) is 2. The van der Waals surface area contributed by atoms with Gasteiger partial charge in [-0.15, -0.1) is 0 Å². The van der Waals surface area contributed by atoms with Crippen molar-refractivity contribution in [2.75, 3.05) is 45.1 Å². The monoisotopic (exact) mass is 374 g/mol. The van der Waals surface area contributed by atoms with Crippen LogP contribution >= 0.6 is 0 Å². The minimum absolute atomic E-state index is 0.0237. The third-order valence-electron chi connectivity index (χ3n) is 6.15. The standard InChI is InChI=1S/C20H30N4O3/c1-16(25)17-6-7-18(19(14-17)24(26)27)21-15-20(8-12-22(2)13-9-20)23-10-4-3-5-11-23/h6-7,14,21H,3-5,8-13,15H2,1-2H3. The van der Waals surface area contributed by atoms with Crippen molar-refractivity contribution < 1.29 is 9.72 Å². The lowest BCUT2D eigenvalue weighted by Crippen LogP contribution is -2.59. The molecule has 0 radical (unpaired) electrons. The third kappa shape index (κ3) is 4.47. The number of benzene rings is 1. The molecule has 0 atom stereocenters. The van der Waals surface area contributed by atoms with E-state index in [-0.39, 0.29) is 17.0 Å². The molecule has 1 aromatic rings. The van der Waals surface area contributed by atoms with Gasteiger partial charge >= 0.3 is 0 Å². The zero-order valence-corrected chi connectivity index (χ0v) is 16.4. The van der Waals surface area contributed by atoms with Gasteiger partial charge in [0.05, 0.1) is 4.92 Å². The summed E-state index contributed by atoms with van der Waals surface area (Å²) < 4.78 is 0. The summed E-state index contributed by atoms with van der Waals surface area (Å²) in [5.74, 6) is -0.162. The molecule has 7 heteroatoms. The summed E-state index contributed by atoms with van der Waals surface area (Å²) in [5, 5.41) is 14.9. The van der Waals surface area contributed by atoms with Gasteiger partial charge in [0.25, 0.3) is 5.69 Å². The highest BCUT2D eigenvalue weighted by Crippen LogP contribution is 2.33. The van der Waals surface area contributed by atoms with Crippen molar-refractivity contribution in [3.63, 3.8) is 0 Å². The lowest BCUT2D eigenvalue weighted by Gasteiger charge is -2.50. The Morgan fingerprint density at radius 2 is 1.85 bits per heavy atom. The maximum Gasteiger partial charge on any atom is 0.293 e. The van der Waals surface area contributed by atoms with Crippen LogP contribution in [0.5, 0.6) is 0 Å². The smallest absolute Gasteiger partial charge is 0.293 e. The van der Waals surface area contributed by atoms with Gasteiger partial charge in [0.15, 0.2) is 5.78 Å². The Bertz CT molecular complexity index is 692. The molecular formula is C20H30N4O3. The topological polar surface area (TPSA) is 78.7 Å². The van der Waals surface area contributed by atoms with Gasteiger partial charge in [-0.2, -0.15) is 0 Å². The van der Waals surface area contributed by atoms with Gasteiger partial charge in [-0.3, -0.25) is 19.8 Å². The minimum Gasteiger partial charge on any atom is -0.378 e. The van der Waals surface area contributed by atoms with Crippen molar-refractivity contribution in [2.45, 2.75) is 44.6 Å². The number of nitro benzene ring substituents is 1. The van der Waals surface area contributed by atoms with Crippen molar-refractivity contribution in [3.05, 3.63) is 33.9 Å². The number of hydrogen-bond acceptors (Lipinski definition) is 6. The molecule has 27 heavy (non-hydrogen) atoms. The zero-order valence-electron chi connectivity index (χ0n) is 16.4. The molecule has 0 spiro atoms. The fourth-order valence-corrected chi connectivity index (χ4v) is 4.32. The van der Waals surface area contributed by atoms with Crippen LogP contribution in [0.1, 0.15) is 49.4 Å². The predicted octanol–water partition coefficient (Wildman–Crippen LogP) is 3.16. The fraction of sp³-hybridized carbons (Fsp3) is 0.650. The average Bonchev–Trinajstić information content (AvgIpc) is 2.68. The zero-order chi connectivity index (χ0) is 19.4. The summed E-state index contributed by atoms with van der Waals surface area (Å²) in [6.45, 7) is 6.43. The molecule has 0 bridgehead atoms. The Hall–Kier alpha value is -1.99. The van der Waals surface area contributed by atoms with Crippen LogP contribution in [-0.4, -0.2) is 65.8 Å². The Balaban J connectivity index is 1.81. The maximum atomic E-state index is 11.6. The molecule has 2 saturated heterocycles. The van der Waals surface area contributed by atoms with Crippen LogP contribution in [-0.2, 0) is 0 Å². The molecule has 0 aliphatic carbocycles. The van der Waals surface area contributed by atoms with E-state index in [1.165, 1.54) is 32.3 Å². The predicted molar refractivity (Wildman–Crippen MR) is 106 cm³/mol. The van der Waals surface area contributed by atoms with Crippen molar-refractivity contribution in [1.29, 1.82) is 0 Å². The first-order valence-corrected chi connectivity index (χ1v) is 9.88. The van der Waals surface area contributed by atoms with E-state index in [0.717, 1.165) is 39.0 Å². The number of Topliss-reactive ketones (excluding diaryl/α,β-unsaturated/α-hetero) is 1. The first-order chi connectivity index (χ1) is 12.9. The number of nitrogens with zero attached hydrogens (tertiary/aromatic N) is 3. The fourth-order valence-electron chi connectivity index (χ4n) is 4.32. The average molecular weight is 374 g/mol. The number of ketones is 1. The first-order valence-electron chi connectivity index (χ1n) is 9.88. The first kappa shape index (κ1) is 19.8. The summed E-state index contributed by atoms with van der Waals surface area (Å²) >= 11 is 0. The molecule has 1 aromatic carbocycles. The van der Waals surface area contributed by atoms with Crippen molar-refractivity contribution in [2.24, 2.45) is 0 Å². The number of nitro groups is 1. The number of rotatable bonds is 6. The van der Waals surface area contributed by atoms with Crippen LogP contribution in [0.3, 0.4) is 0 Å². The van der Waals surface area contributed by atoms with Crippen LogP contribution in [0, 0.1) is 10.1 Å². The van der Waals surface area contributed by atoms with E-state index in [4.69, 9.17) is 0 Å². The van der Waals surface area contributed by atoms with Gasteiger partial charge in [-0.05, 0) is 78.0 Å². The second kappa shape index (κ2) is 8.35. The second-order valence-corrected chi connectivity index (χ2v) is 7.97. The molecular weight excluding hydrogens is 344 g/mol. The van der Waals surface area contributed by atoms with Crippen molar-refractivity contribution >= 4 is 17.2 Å². The largest absolute Gasteiger partial charge is 0.378 e. The minimum atomic E-state index is -0.406. The Morgan fingerprint density at radius 1 is 1.19 bits per heavy atom. The van der Waals surface area contributed by atoms with Crippen LogP contribution < -0.4 is 5.32 Å². The molecule has 1 N–H and O–H groups in total. The van der Waals surface area contributed by atoms with Crippen molar-refractivity contribution in [3.8, 4) is 0 Å². The van der Waals surface area contributed by atoms with E-state index < -0.39 is 4.92 Å². The molecule has 7 nitrogen and oxygen atoms in total. The van der Waals surface area contributed by atoms with Gasteiger partial charge in [-0.25, -0.2) is 0 Å². The summed E-state index contributed by atoms with van der Waals surface area (Å²) in [7, 11) is 2.15. The molecule has 2 fully saturated rings. The van der Waals surface area contributed by atoms with Crippen LogP contribution in [0.15, 0.2) is 18.2 Å². The van der Waals surface area contributed by atoms with Gasteiger partial charge < -0.3 is 10.2 Å². The number of hydrogen-bond donors (Lipinski definition) is 1. The molecule has 3 rings (SSSR count). The molecule has 0 saturated carbocycles. The van der Waals surface area contributed by atoms with Crippen molar-refractivity contribution in [1.82, 2.24) is 9.80 Å². The molecule has 0 unspecified atom stereocenters. The number of piperidine rings is 2. The summed E-state index contributed by atoms with van der Waals surface area (Å²) in [6, 6.07) is 4.72. The number of carbonyl (C=O) groups is 1. The highest BCUT2D eigenvalue weighted by Gasteiger charge is 2.39. The molecule has 2 aliphatic heterocycles. The maximum absolute atomic E-state index is 11.6. The van der Waals surface area contributed by atoms with Crippen LogP contribution in [0.2, 0.25) is 0 Å². The van der Waals surface area contributed by atoms with E-state index >= 15 is 0 Å². The number of nitrogens with one attached hydrogen (secondary N) is 1. The Labute approximate surface area is 160 Å². The lowest BCUT2D eigenvalue weighted by atomic mass is 9.84. The third-order valence-corrected chi connectivity index (χ3v) is 6.15. The van der Waals surface area contributed by atoms with E-state index in [0.29, 0.717) is 17.8 Å². The van der Waals surface area contributed by atoms with E-state index in [2.05, 4.69) is 22.2 Å². The highest BCUT2D eigenvalue weighted by atomic mass is 16.6. The van der Waals surface area contributed by atoms with E-state index in [1.807, 2.05) is 0 Å². The van der Waals surface area contributed by atoms with Gasteiger partial charge in [-0.1, -0.05) is 6.42 Å². The summed E-state index contributed by atoms with van der Waals surface area (Å²) in [4.78, 5) is 27.6. The SMILES string of the molecule is CC(=O)c1ccc(NCC2(N3CCCCC3)CCN(C)CC2)c([N+](=O)[O-])c1. The molecule has 2 heterocycles. The van der Waals surface area contributed by atoms with E-state index in [1.54, 1.807) is 12.1 Å². The summed E-state index contributed by atoms with van der Waals surface area (Å²) in [5.41, 5.74) is 0.891. The van der Waals surface area contributed by atoms with Crippen LogP contribution in [0.25, 0.3) is 0 Å². The quantitative estimate of drug-likeness (QED) is 0.468. The Morgan fingerprint density at radius 3 is 2.44 bits per heavy atom. The van der Waals surface area contributed by atoms with Gasteiger partial charge in [0.1, 0.15) is 5.69 Å². The number of anilines is 1. The molecule has 148 valence electrons. The Kier molecular flexibility index (Phi) is 6.11. The highest BCUT2D eigenvalue weighted by molar-refractivity contribution is 5.95. The van der Waals surface area contributed by atoms with Gasteiger partial charge in [0, 0.05) is 23.7 Å². The van der Waals surface area contributed by atoms with E-state index in [9.17, 15) is 14.9 Å². The lowest BCUT2D eigenvalue weighted by molar-refractivity contribution is -0.384. The molecule has 2 aliphatic rings. The second-order valence-electron chi connectivity index (χ2n) is 7.97. The normalized spacial score (nSPS) is 21.0. The molecule has 0 aromatic heterocycles. The van der Waals surface area contributed by atoms with Crippen LogP contribution in [0.4, 0.5) is 11.4 Å².